The highest BCUT2D eigenvalue weighted by atomic mass is 32.2. The van der Waals surface area contributed by atoms with Gasteiger partial charge in [0.05, 0.1) is 5.56 Å². The molecule has 0 spiro atoms. The van der Waals surface area contributed by atoms with Crippen molar-refractivity contribution < 1.29 is 9.21 Å². The Hall–Kier alpha value is -3.06. The van der Waals surface area contributed by atoms with Gasteiger partial charge in [-0.2, -0.15) is 0 Å². The summed E-state index contributed by atoms with van der Waals surface area (Å²) in [5.74, 6) is 1.34. The lowest BCUT2D eigenvalue weighted by molar-refractivity contribution is 0.0793. The Morgan fingerprint density at radius 2 is 1.86 bits per heavy atom. The molecule has 0 aliphatic carbocycles. The van der Waals surface area contributed by atoms with Crippen molar-refractivity contribution in [1.82, 2.24) is 20.1 Å². The van der Waals surface area contributed by atoms with Crippen LogP contribution < -0.4 is 0 Å². The second-order valence-corrected chi connectivity index (χ2v) is 8.03. The molecule has 0 unspecified atom stereocenters. The van der Waals surface area contributed by atoms with E-state index >= 15 is 0 Å². The van der Waals surface area contributed by atoms with Crippen LogP contribution in [0.15, 0.2) is 64.4 Å². The minimum Gasteiger partial charge on any atom is -0.411 e. The quantitative estimate of drug-likeness (QED) is 0.486. The van der Waals surface area contributed by atoms with E-state index in [0.717, 1.165) is 53.5 Å². The number of aromatic nitrogens is 3. The van der Waals surface area contributed by atoms with Crippen molar-refractivity contribution in [2.24, 2.45) is 0 Å². The average molecular weight is 404 g/mol. The molecule has 4 aromatic rings. The summed E-state index contributed by atoms with van der Waals surface area (Å²) in [4.78, 5) is 17.6. The number of benzene rings is 2. The summed E-state index contributed by atoms with van der Waals surface area (Å²) >= 11 is 1.49. The molecule has 0 bridgehead atoms. The molecular formula is C22H20N4O2S. The normalized spacial score (nSPS) is 14.0. The van der Waals surface area contributed by atoms with E-state index in [1.165, 1.54) is 11.8 Å². The van der Waals surface area contributed by atoms with Gasteiger partial charge in [0.1, 0.15) is 0 Å². The van der Waals surface area contributed by atoms with Crippen molar-refractivity contribution in [3.8, 4) is 11.5 Å². The van der Waals surface area contributed by atoms with Crippen LogP contribution in [0.2, 0.25) is 0 Å². The number of thioether (sulfide) groups is 1. The molecule has 2 aromatic carbocycles. The van der Waals surface area contributed by atoms with E-state index in [4.69, 9.17) is 4.42 Å². The zero-order valence-electron chi connectivity index (χ0n) is 15.8. The summed E-state index contributed by atoms with van der Waals surface area (Å²) < 4.78 is 5.85. The van der Waals surface area contributed by atoms with Crippen LogP contribution in [0.25, 0.3) is 22.4 Å². The standard InChI is InChI=1S/C22H20N4O2S/c27-21(26-11-3-4-12-26)16-9-7-15(8-10-16)14-29-22-25-24-20(28-22)18-13-23-19-6-2-1-5-17(18)19/h1-2,5-10,13,23H,3-4,11-12,14H2. The van der Waals surface area contributed by atoms with Crippen molar-refractivity contribution >= 4 is 28.6 Å². The third-order valence-electron chi connectivity index (χ3n) is 5.18. The fourth-order valence-electron chi connectivity index (χ4n) is 3.62. The Labute approximate surface area is 172 Å². The number of H-pyrrole nitrogens is 1. The topological polar surface area (TPSA) is 75.0 Å². The van der Waals surface area contributed by atoms with Crippen LogP contribution in [0.3, 0.4) is 0 Å². The molecule has 1 saturated heterocycles. The molecule has 3 heterocycles. The van der Waals surface area contributed by atoms with Gasteiger partial charge in [-0.05, 0) is 36.6 Å². The molecule has 6 nitrogen and oxygen atoms in total. The van der Waals surface area contributed by atoms with Crippen LogP contribution >= 0.6 is 11.8 Å². The van der Waals surface area contributed by atoms with E-state index in [1.807, 2.05) is 59.6 Å². The molecule has 5 rings (SSSR count). The van der Waals surface area contributed by atoms with Crippen molar-refractivity contribution in [2.75, 3.05) is 13.1 Å². The van der Waals surface area contributed by atoms with Crippen LogP contribution in [-0.2, 0) is 5.75 Å². The predicted molar refractivity (Wildman–Crippen MR) is 113 cm³/mol. The first-order chi connectivity index (χ1) is 14.3. The Morgan fingerprint density at radius 3 is 2.69 bits per heavy atom. The zero-order chi connectivity index (χ0) is 19.6. The number of nitrogens with one attached hydrogen (secondary N) is 1. The number of para-hydroxylation sites is 1. The minimum absolute atomic E-state index is 0.127. The summed E-state index contributed by atoms with van der Waals surface area (Å²) in [5, 5.41) is 9.95. The highest BCUT2D eigenvalue weighted by molar-refractivity contribution is 7.98. The zero-order valence-corrected chi connectivity index (χ0v) is 16.6. The minimum atomic E-state index is 0.127. The Morgan fingerprint density at radius 1 is 1.07 bits per heavy atom. The molecule has 1 aliphatic rings. The monoisotopic (exact) mass is 404 g/mol. The second-order valence-electron chi connectivity index (χ2n) is 7.11. The van der Waals surface area contributed by atoms with Crippen LogP contribution in [0.5, 0.6) is 0 Å². The van der Waals surface area contributed by atoms with Crippen LogP contribution in [0.4, 0.5) is 0 Å². The van der Waals surface area contributed by atoms with Gasteiger partial charge in [0.25, 0.3) is 17.0 Å². The predicted octanol–water partition coefficient (Wildman–Crippen LogP) is 4.75. The molecule has 1 N–H and O–H groups in total. The number of aromatic amines is 1. The molecule has 29 heavy (non-hydrogen) atoms. The van der Waals surface area contributed by atoms with Crippen molar-refractivity contribution in [3.63, 3.8) is 0 Å². The van der Waals surface area contributed by atoms with Gasteiger partial charge in [-0.25, -0.2) is 0 Å². The van der Waals surface area contributed by atoms with Gasteiger partial charge in [-0.3, -0.25) is 4.79 Å². The first kappa shape index (κ1) is 18.0. The van der Waals surface area contributed by atoms with Gasteiger partial charge in [0.15, 0.2) is 0 Å². The molecule has 0 saturated carbocycles. The van der Waals surface area contributed by atoms with Crippen LogP contribution in [-0.4, -0.2) is 39.1 Å². The first-order valence-corrected chi connectivity index (χ1v) is 10.7. The van der Waals surface area contributed by atoms with Gasteiger partial charge >= 0.3 is 0 Å². The number of carbonyl (C=O) groups excluding carboxylic acids is 1. The third-order valence-corrected chi connectivity index (χ3v) is 6.07. The fourth-order valence-corrected chi connectivity index (χ4v) is 4.34. The Balaban J connectivity index is 1.24. The smallest absolute Gasteiger partial charge is 0.277 e. The maximum absolute atomic E-state index is 12.4. The number of nitrogens with zero attached hydrogens (tertiary/aromatic N) is 3. The van der Waals surface area contributed by atoms with Crippen molar-refractivity contribution in [1.29, 1.82) is 0 Å². The second kappa shape index (κ2) is 7.75. The number of hydrogen-bond donors (Lipinski definition) is 1. The highest BCUT2D eigenvalue weighted by Gasteiger charge is 2.19. The SMILES string of the molecule is O=C(c1ccc(CSc2nnc(-c3c[nH]c4ccccc34)o2)cc1)N1CCCC1. The molecule has 146 valence electrons. The summed E-state index contributed by atoms with van der Waals surface area (Å²) in [6, 6.07) is 15.8. The summed E-state index contributed by atoms with van der Waals surface area (Å²) in [5.41, 5.74) is 3.81. The van der Waals surface area contributed by atoms with Gasteiger partial charge in [-0.15, -0.1) is 10.2 Å². The van der Waals surface area contributed by atoms with E-state index in [2.05, 4.69) is 15.2 Å². The van der Waals surface area contributed by atoms with Crippen LogP contribution in [0.1, 0.15) is 28.8 Å². The van der Waals surface area contributed by atoms with Crippen molar-refractivity contribution in [3.05, 3.63) is 65.9 Å². The average Bonchev–Trinajstić information content (AvgIpc) is 3.52. The van der Waals surface area contributed by atoms with Gasteiger partial charge < -0.3 is 14.3 Å². The molecule has 0 atom stereocenters. The fraction of sp³-hybridized carbons (Fsp3) is 0.227. The number of rotatable bonds is 5. The lowest BCUT2D eigenvalue weighted by Gasteiger charge is -2.15. The number of amides is 1. The number of hydrogen-bond acceptors (Lipinski definition) is 5. The Bertz CT molecular complexity index is 1140. The van der Waals surface area contributed by atoms with Gasteiger partial charge in [0.2, 0.25) is 0 Å². The largest absolute Gasteiger partial charge is 0.411 e. The van der Waals surface area contributed by atoms with E-state index in [1.54, 1.807) is 0 Å². The molecule has 1 aliphatic heterocycles. The van der Waals surface area contributed by atoms with Gasteiger partial charge in [0, 0.05) is 41.5 Å². The molecule has 1 fully saturated rings. The maximum Gasteiger partial charge on any atom is 0.277 e. The van der Waals surface area contributed by atoms with E-state index in [-0.39, 0.29) is 5.91 Å². The summed E-state index contributed by atoms with van der Waals surface area (Å²) in [6.07, 6.45) is 4.10. The number of fused-ring (bicyclic) bond motifs is 1. The molecule has 2 aromatic heterocycles. The third kappa shape index (κ3) is 3.65. The number of carbonyl (C=O) groups is 1. The van der Waals surface area contributed by atoms with E-state index in [9.17, 15) is 4.79 Å². The lowest BCUT2D eigenvalue weighted by atomic mass is 10.1. The maximum atomic E-state index is 12.4. The van der Waals surface area contributed by atoms with Crippen molar-refractivity contribution in [2.45, 2.75) is 23.8 Å². The lowest BCUT2D eigenvalue weighted by Crippen LogP contribution is -2.27. The number of likely N-dealkylation sites (tertiary alicyclic amines) is 1. The molecular weight excluding hydrogens is 384 g/mol. The first-order valence-electron chi connectivity index (χ1n) is 9.69. The summed E-state index contributed by atoms with van der Waals surface area (Å²) in [7, 11) is 0. The molecule has 0 radical (unpaired) electrons. The Kier molecular flexibility index (Phi) is 4.81. The summed E-state index contributed by atoms with van der Waals surface area (Å²) in [6.45, 7) is 1.73. The van der Waals surface area contributed by atoms with Crippen LogP contribution in [0, 0.1) is 0 Å². The molecule has 7 heteroatoms. The highest BCUT2D eigenvalue weighted by Crippen LogP contribution is 2.30. The molecule has 1 amide bonds. The van der Waals surface area contributed by atoms with E-state index < -0.39 is 0 Å². The van der Waals surface area contributed by atoms with Gasteiger partial charge in [-0.1, -0.05) is 42.1 Å². The van der Waals surface area contributed by atoms with E-state index in [0.29, 0.717) is 16.9 Å².